The maximum absolute atomic E-state index is 11.9. The van der Waals surface area contributed by atoms with Crippen molar-refractivity contribution in [2.24, 2.45) is 10.2 Å². The van der Waals surface area contributed by atoms with Crippen molar-refractivity contribution in [3.8, 4) is 0 Å². The summed E-state index contributed by atoms with van der Waals surface area (Å²) >= 11 is 1.30. The normalized spacial score (nSPS) is 23.5. The zero-order valence-corrected chi connectivity index (χ0v) is 13.9. The lowest BCUT2D eigenvalue weighted by Crippen LogP contribution is -2.31. The van der Waals surface area contributed by atoms with Crippen LogP contribution in [-0.2, 0) is 9.59 Å². The second-order valence-electron chi connectivity index (χ2n) is 5.64. The van der Waals surface area contributed by atoms with Gasteiger partial charge in [0.1, 0.15) is 5.25 Å². The molecular weight excluding hydrogens is 300 g/mol. The Morgan fingerprint density at radius 2 is 2.09 bits per heavy atom. The Bertz CT molecular complexity index is 468. The summed E-state index contributed by atoms with van der Waals surface area (Å²) in [6, 6.07) is 0. The fourth-order valence-corrected chi connectivity index (χ4v) is 3.33. The molecule has 1 aliphatic carbocycles. The first-order valence-corrected chi connectivity index (χ1v) is 8.94. The molecule has 2 amide bonds. The van der Waals surface area contributed by atoms with Gasteiger partial charge in [0.15, 0.2) is 5.17 Å². The predicted octanol–water partition coefficient (Wildman–Crippen LogP) is 2.20. The molecule has 2 N–H and O–H groups in total. The van der Waals surface area contributed by atoms with Crippen molar-refractivity contribution in [3.63, 3.8) is 0 Å². The van der Waals surface area contributed by atoms with Crippen LogP contribution in [0.25, 0.3) is 0 Å². The quantitative estimate of drug-likeness (QED) is 0.580. The van der Waals surface area contributed by atoms with Crippen LogP contribution in [0.3, 0.4) is 0 Å². The van der Waals surface area contributed by atoms with Crippen LogP contribution in [0.5, 0.6) is 0 Å². The van der Waals surface area contributed by atoms with E-state index in [2.05, 4.69) is 27.8 Å². The van der Waals surface area contributed by atoms with Crippen LogP contribution >= 0.6 is 11.8 Å². The predicted molar refractivity (Wildman–Crippen MR) is 90.0 cm³/mol. The van der Waals surface area contributed by atoms with Crippen molar-refractivity contribution < 1.29 is 9.59 Å². The molecule has 2 rings (SSSR count). The van der Waals surface area contributed by atoms with Gasteiger partial charge in [-0.25, -0.2) is 0 Å². The summed E-state index contributed by atoms with van der Waals surface area (Å²) in [5.74, 6) is -0.237. The third-order valence-corrected chi connectivity index (χ3v) is 4.78. The highest BCUT2D eigenvalue weighted by molar-refractivity contribution is 8.15. The third-order valence-electron chi connectivity index (χ3n) is 3.71. The highest BCUT2D eigenvalue weighted by Gasteiger charge is 2.32. The average Bonchev–Trinajstić information content (AvgIpc) is 2.87. The summed E-state index contributed by atoms with van der Waals surface area (Å²) in [7, 11) is 0. The Morgan fingerprint density at radius 3 is 2.82 bits per heavy atom. The zero-order chi connectivity index (χ0) is 15.8. The van der Waals surface area contributed by atoms with E-state index in [0.717, 1.165) is 31.4 Å². The maximum atomic E-state index is 11.9. The van der Waals surface area contributed by atoms with Crippen molar-refractivity contribution >= 4 is 34.5 Å². The van der Waals surface area contributed by atoms with Gasteiger partial charge in [-0.15, -0.1) is 5.10 Å². The summed E-state index contributed by atoms with van der Waals surface area (Å²) in [4.78, 5) is 23.6. The second kappa shape index (κ2) is 8.92. The van der Waals surface area contributed by atoms with Crippen molar-refractivity contribution in [1.29, 1.82) is 0 Å². The average molecular weight is 324 g/mol. The van der Waals surface area contributed by atoms with E-state index in [1.165, 1.54) is 31.0 Å². The SMILES string of the molecule is CCCCNC(=O)CC1S/C(=N\N=C2CCCCC2)NC1=O. The zero-order valence-electron chi connectivity index (χ0n) is 13.1. The molecule has 1 heterocycles. The van der Waals surface area contributed by atoms with E-state index in [-0.39, 0.29) is 18.2 Å². The lowest BCUT2D eigenvalue weighted by Gasteiger charge is -2.10. The summed E-state index contributed by atoms with van der Waals surface area (Å²) in [6.07, 6.45) is 7.78. The minimum Gasteiger partial charge on any atom is -0.356 e. The smallest absolute Gasteiger partial charge is 0.240 e. The molecule has 0 spiro atoms. The molecule has 7 heteroatoms. The number of unbranched alkanes of at least 4 members (excludes halogenated alkanes) is 1. The first-order valence-electron chi connectivity index (χ1n) is 8.06. The van der Waals surface area contributed by atoms with E-state index in [1.807, 2.05) is 0 Å². The van der Waals surface area contributed by atoms with E-state index in [0.29, 0.717) is 11.7 Å². The number of carbonyl (C=O) groups is 2. The summed E-state index contributed by atoms with van der Waals surface area (Å²) in [5, 5.41) is 14.0. The highest BCUT2D eigenvalue weighted by Crippen LogP contribution is 2.23. The molecule has 22 heavy (non-hydrogen) atoms. The second-order valence-corrected chi connectivity index (χ2v) is 6.83. The number of thioether (sulfide) groups is 1. The van der Waals surface area contributed by atoms with Crippen molar-refractivity contribution in [1.82, 2.24) is 10.6 Å². The van der Waals surface area contributed by atoms with E-state index < -0.39 is 5.25 Å². The first-order chi connectivity index (χ1) is 10.7. The summed E-state index contributed by atoms with van der Waals surface area (Å²) in [6.45, 7) is 2.74. The molecule has 1 saturated carbocycles. The standard InChI is InChI=1S/C15H24N4O2S/c1-2-3-9-16-13(20)10-12-14(21)17-15(22-12)19-18-11-7-5-4-6-8-11/h12H,2-10H2,1H3,(H,16,20)(H,17,19,21). The molecule has 122 valence electrons. The molecule has 2 aliphatic rings. The van der Waals surface area contributed by atoms with Crippen molar-refractivity contribution in [2.45, 2.75) is 63.5 Å². The molecule has 0 radical (unpaired) electrons. The fraction of sp³-hybridized carbons (Fsp3) is 0.733. The number of amidine groups is 1. The summed E-state index contributed by atoms with van der Waals surface area (Å²) in [5.41, 5.74) is 1.11. The van der Waals surface area contributed by atoms with Crippen LogP contribution < -0.4 is 10.6 Å². The van der Waals surface area contributed by atoms with Gasteiger partial charge in [-0.2, -0.15) is 5.10 Å². The van der Waals surface area contributed by atoms with Crippen molar-refractivity contribution in [3.05, 3.63) is 0 Å². The monoisotopic (exact) mass is 324 g/mol. The topological polar surface area (TPSA) is 82.9 Å². The summed E-state index contributed by atoms with van der Waals surface area (Å²) < 4.78 is 0. The van der Waals surface area contributed by atoms with Crippen LogP contribution in [0.2, 0.25) is 0 Å². The van der Waals surface area contributed by atoms with E-state index in [9.17, 15) is 9.59 Å². The Kier molecular flexibility index (Phi) is 6.89. The fourth-order valence-electron chi connectivity index (χ4n) is 2.41. The van der Waals surface area contributed by atoms with Crippen LogP contribution in [0.1, 0.15) is 58.3 Å². The maximum Gasteiger partial charge on any atom is 0.240 e. The molecule has 1 aliphatic heterocycles. The highest BCUT2D eigenvalue weighted by atomic mass is 32.2. The Balaban J connectivity index is 1.81. The Hall–Kier alpha value is -1.37. The number of amides is 2. The van der Waals surface area contributed by atoms with Gasteiger partial charge in [0.25, 0.3) is 0 Å². The van der Waals surface area contributed by atoms with Gasteiger partial charge in [-0.05, 0) is 32.1 Å². The molecule has 0 aromatic carbocycles. The van der Waals surface area contributed by atoms with Crippen LogP contribution in [0, 0.1) is 0 Å². The van der Waals surface area contributed by atoms with Crippen LogP contribution in [-0.4, -0.2) is 34.5 Å². The molecular formula is C15H24N4O2S. The van der Waals surface area contributed by atoms with Crippen LogP contribution in [0.15, 0.2) is 10.2 Å². The van der Waals surface area contributed by atoms with Crippen LogP contribution in [0.4, 0.5) is 0 Å². The number of carbonyl (C=O) groups excluding carboxylic acids is 2. The van der Waals surface area contributed by atoms with Gasteiger partial charge in [0.05, 0.1) is 0 Å². The molecule has 0 aromatic heterocycles. The van der Waals surface area contributed by atoms with Gasteiger partial charge >= 0.3 is 0 Å². The number of hydrogen-bond acceptors (Lipinski definition) is 5. The van der Waals surface area contributed by atoms with E-state index in [4.69, 9.17) is 0 Å². The van der Waals surface area contributed by atoms with Gasteiger partial charge in [-0.1, -0.05) is 31.5 Å². The molecule has 2 fully saturated rings. The minimum absolute atomic E-state index is 0.0825. The van der Waals surface area contributed by atoms with Gasteiger partial charge < -0.3 is 10.6 Å². The lowest BCUT2D eigenvalue weighted by atomic mass is 9.99. The van der Waals surface area contributed by atoms with Gasteiger partial charge in [0.2, 0.25) is 11.8 Å². The first kappa shape index (κ1) is 17.0. The molecule has 1 atom stereocenters. The van der Waals surface area contributed by atoms with Crippen molar-refractivity contribution in [2.75, 3.05) is 6.54 Å². The van der Waals surface area contributed by atoms with Gasteiger partial charge in [-0.3, -0.25) is 9.59 Å². The largest absolute Gasteiger partial charge is 0.356 e. The molecule has 1 unspecified atom stereocenters. The third kappa shape index (κ3) is 5.44. The molecule has 0 aromatic rings. The van der Waals surface area contributed by atoms with E-state index in [1.54, 1.807) is 0 Å². The van der Waals surface area contributed by atoms with E-state index >= 15 is 0 Å². The lowest BCUT2D eigenvalue weighted by molar-refractivity contribution is -0.125. The Morgan fingerprint density at radius 1 is 1.32 bits per heavy atom. The van der Waals surface area contributed by atoms with Gasteiger partial charge in [0, 0.05) is 18.7 Å². The Labute approximate surface area is 135 Å². The molecule has 6 nitrogen and oxygen atoms in total. The number of nitrogens with one attached hydrogen (secondary N) is 2. The number of rotatable bonds is 6. The molecule has 0 bridgehead atoms. The number of nitrogens with zero attached hydrogens (tertiary/aromatic N) is 2. The molecule has 1 saturated heterocycles. The number of hydrogen-bond donors (Lipinski definition) is 2. The minimum atomic E-state index is -0.396.